The number of amides is 1. The van der Waals surface area contributed by atoms with Crippen molar-refractivity contribution >= 4 is 45.1 Å². The second-order valence-corrected chi connectivity index (χ2v) is 5.77. The molecule has 1 N–H and O–H groups in total. The van der Waals surface area contributed by atoms with Crippen molar-refractivity contribution in [3.8, 4) is 5.75 Å². The molecule has 7 heteroatoms. The van der Waals surface area contributed by atoms with E-state index in [1.54, 1.807) is 42.5 Å². The minimum absolute atomic E-state index is 0.236. The Kier molecular flexibility index (Phi) is 6.01. The molecule has 0 saturated carbocycles. The van der Waals surface area contributed by atoms with Crippen LogP contribution in [0.5, 0.6) is 5.75 Å². The van der Waals surface area contributed by atoms with Crippen molar-refractivity contribution in [3.63, 3.8) is 0 Å². The molecule has 0 fully saturated rings. The van der Waals surface area contributed by atoms with Gasteiger partial charge in [-0.2, -0.15) is 0 Å². The molecule has 23 heavy (non-hydrogen) atoms. The fraction of sp³-hybridized carbons (Fsp3) is 0.125. The van der Waals surface area contributed by atoms with Gasteiger partial charge in [-0.3, -0.25) is 4.79 Å². The molecule has 0 aromatic heterocycles. The average molecular weight is 399 g/mol. The van der Waals surface area contributed by atoms with Gasteiger partial charge in [-0.25, -0.2) is 4.79 Å². The van der Waals surface area contributed by atoms with Crippen molar-refractivity contribution in [1.82, 2.24) is 0 Å². The van der Waals surface area contributed by atoms with E-state index >= 15 is 0 Å². The van der Waals surface area contributed by atoms with Gasteiger partial charge in [0.25, 0.3) is 5.91 Å². The largest absolute Gasteiger partial charge is 0.482 e. The molecule has 0 saturated heterocycles. The third-order valence-corrected chi connectivity index (χ3v) is 3.66. The van der Waals surface area contributed by atoms with Crippen LogP contribution in [0.3, 0.4) is 0 Å². The number of rotatable bonds is 5. The molecule has 0 aliphatic carbocycles. The van der Waals surface area contributed by atoms with E-state index < -0.39 is 11.9 Å². The fourth-order valence-electron chi connectivity index (χ4n) is 1.80. The second kappa shape index (κ2) is 7.99. The number of carbonyl (C=O) groups is 2. The number of nitrogens with one attached hydrogen (secondary N) is 1. The molecular weight excluding hydrogens is 386 g/mol. The first kappa shape index (κ1) is 17.3. The minimum Gasteiger partial charge on any atom is -0.482 e. The van der Waals surface area contributed by atoms with Crippen LogP contribution in [0.1, 0.15) is 10.4 Å². The Morgan fingerprint density at radius 3 is 2.65 bits per heavy atom. The predicted octanol–water partition coefficient (Wildman–Crippen LogP) is 3.91. The maximum atomic E-state index is 12.0. The zero-order valence-electron chi connectivity index (χ0n) is 12.1. The Bertz CT molecular complexity index is 736. The quantitative estimate of drug-likeness (QED) is 0.776. The van der Waals surface area contributed by atoms with Crippen molar-refractivity contribution < 1.29 is 19.1 Å². The van der Waals surface area contributed by atoms with E-state index in [-0.39, 0.29) is 12.2 Å². The fourth-order valence-corrected chi connectivity index (χ4v) is 2.35. The van der Waals surface area contributed by atoms with Gasteiger partial charge in [-0.05, 0) is 30.3 Å². The third kappa shape index (κ3) is 4.71. The van der Waals surface area contributed by atoms with Gasteiger partial charge in [0.05, 0.1) is 23.4 Å². The Balaban J connectivity index is 2.06. The van der Waals surface area contributed by atoms with Gasteiger partial charge in [-0.1, -0.05) is 39.7 Å². The highest BCUT2D eigenvalue weighted by atomic mass is 79.9. The summed E-state index contributed by atoms with van der Waals surface area (Å²) in [6, 6.07) is 11.7. The highest BCUT2D eigenvalue weighted by Gasteiger charge is 2.15. The van der Waals surface area contributed by atoms with E-state index in [4.69, 9.17) is 21.1 Å². The van der Waals surface area contributed by atoms with Crippen LogP contribution in [0.2, 0.25) is 5.02 Å². The normalized spacial score (nSPS) is 10.0. The number of anilines is 1. The van der Waals surface area contributed by atoms with Gasteiger partial charge in [0.15, 0.2) is 6.61 Å². The molecule has 0 spiro atoms. The molecule has 2 aromatic rings. The Morgan fingerprint density at radius 1 is 1.22 bits per heavy atom. The molecule has 0 unspecified atom stereocenters. The molecule has 120 valence electrons. The van der Waals surface area contributed by atoms with E-state index in [0.29, 0.717) is 20.9 Å². The molecule has 0 radical (unpaired) electrons. The highest BCUT2D eigenvalue weighted by molar-refractivity contribution is 9.10. The van der Waals surface area contributed by atoms with Crippen molar-refractivity contribution in [2.45, 2.75) is 0 Å². The summed E-state index contributed by atoms with van der Waals surface area (Å²) >= 11 is 9.22. The van der Waals surface area contributed by atoms with Crippen LogP contribution >= 0.6 is 27.5 Å². The van der Waals surface area contributed by atoms with E-state index in [1.165, 1.54) is 7.11 Å². The van der Waals surface area contributed by atoms with Gasteiger partial charge in [0, 0.05) is 4.47 Å². The molecule has 0 bridgehead atoms. The van der Waals surface area contributed by atoms with Crippen LogP contribution in [0.25, 0.3) is 0 Å². The molecule has 1 amide bonds. The van der Waals surface area contributed by atoms with Gasteiger partial charge in [0.1, 0.15) is 5.75 Å². The van der Waals surface area contributed by atoms with Crippen LogP contribution in [0.4, 0.5) is 5.69 Å². The number of para-hydroxylation sites is 1. The Labute approximate surface area is 146 Å². The summed E-state index contributed by atoms with van der Waals surface area (Å²) in [5.74, 6) is -0.556. The predicted molar refractivity (Wildman–Crippen MR) is 91.1 cm³/mol. The minimum atomic E-state index is -0.548. The number of ether oxygens (including phenoxy) is 2. The lowest BCUT2D eigenvalue weighted by Gasteiger charge is -2.11. The van der Waals surface area contributed by atoms with E-state index in [9.17, 15) is 9.59 Å². The third-order valence-electron chi connectivity index (χ3n) is 2.86. The zero-order valence-corrected chi connectivity index (χ0v) is 14.5. The summed E-state index contributed by atoms with van der Waals surface area (Å²) in [7, 11) is 1.27. The standard InChI is InChI=1S/C16H13BrClNO4/c1-22-16(21)11-8-10(17)6-7-13(11)19-15(20)9-23-14-5-3-2-4-12(14)18/h2-8H,9H2,1H3,(H,19,20). The maximum absolute atomic E-state index is 12.0. The lowest BCUT2D eigenvalue weighted by molar-refractivity contribution is -0.118. The van der Waals surface area contributed by atoms with E-state index in [0.717, 1.165) is 0 Å². The summed E-state index contributed by atoms with van der Waals surface area (Å²) in [6.45, 7) is -0.236. The summed E-state index contributed by atoms with van der Waals surface area (Å²) in [4.78, 5) is 23.8. The van der Waals surface area contributed by atoms with Crippen molar-refractivity contribution in [1.29, 1.82) is 0 Å². The molecule has 0 atom stereocenters. The molecule has 2 aromatic carbocycles. The lowest BCUT2D eigenvalue weighted by Crippen LogP contribution is -2.21. The number of hydrogen-bond acceptors (Lipinski definition) is 4. The number of esters is 1. The topological polar surface area (TPSA) is 64.6 Å². The first-order valence-corrected chi connectivity index (χ1v) is 7.73. The van der Waals surface area contributed by atoms with Crippen LogP contribution < -0.4 is 10.1 Å². The Morgan fingerprint density at radius 2 is 1.96 bits per heavy atom. The van der Waals surface area contributed by atoms with Gasteiger partial charge in [0.2, 0.25) is 0 Å². The lowest BCUT2D eigenvalue weighted by atomic mass is 10.2. The van der Waals surface area contributed by atoms with Crippen LogP contribution in [0.15, 0.2) is 46.9 Å². The van der Waals surface area contributed by atoms with Gasteiger partial charge < -0.3 is 14.8 Å². The highest BCUT2D eigenvalue weighted by Crippen LogP contribution is 2.24. The summed E-state index contributed by atoms with van der Waals surface area (Å²) in [5.41, 5.74) is 0.584. The van der Waals surface area contributed by atoms with Crippen LogP contribution in [0, 0.1) is 0 Å². The molecular formula is C16H13BrClNO4. The average Bonchev–Trinajstić information content (AvgIpc) is 2.55. The molecule has 0 aliphatic heterocycles. The zero-order chi connectivity index (χ0) is 16.8. The van der Waals surface area contributed by atoms with Crippen molar-refractivity contribution in [3.05, 3.63) is 57.5 Å². The number of hydrogen-bond donors (Lipinski definition) is 1. The van der Waals surface area contributed by atoms with Crippen LogP contribution in [-0.4, -0.2) is 25.6 Å². The maximum Gasteiger partial charge on any atom is 0.340 e. The number of benzene rings is 2. The van der Waals surface area contributed by atoms with Gasteiger partial charge >= 0.3 is 5.97 Å². The first-order chi connectivity index (χ1) is 11.0. The molecule has 0 aliphatic rings. The Hall–Kier alpha value is -2.05. The summed E-state index contributed by atoms with van der Waals surface area (Å²) < 4.78 is 10.7. The summed E-state index contributed by atoms with van der Waals surface area (Å²) in [5, 5.41) is 3.03. The number of carbonyl (C=O) groups excluding carboxylic acids is 2. The molecule has 0 heterocycles. The first-order valence-electron chi connectivity index (χ1n) is 6.56. The molecule has 5 nitrogen and oxygen atoms in total. The smallest absolute Gasteiger partial charge is 0.340 e. The molecule has 2 rings (SSSR count). The SMILES string of the molecule is COC(=O)c1cc(Br)ccc1NC(=O)COc1ccccc1Cl. The van der Waals surface area contributed by atoms with Crippen molar-refractivity contribution in [2.75, 3.05) is 19.0 Å². The summed E-state index contributed by atoms with van der Waals surface area (Å²) in [6.07, 6.45) is 0. The monoisotopic (exact) mass is 397 g/mol. The second-order valence-electron chi connectivity index (χ2n) is 4.45. The number of methoxy groups -OCH3 is 1. The van der Waals surface area contributed by atoms with E-state index in [1.807, 2.05) is 0 Å². The number of halogens is 2. The van der Waals surface area contributed by atoms with Gasteiger partial charge in [-0.15, -0.1) is 0 Å². The van der Waals surface area contributed by atoms with E-state index in [2.05, 4.69) is 21.2 Å². The van der Waals surface area contributed by atoms with Crippen molar-refractivity contribution in [2.24, 2.45) is 0 Å². The van der Waals surface area contributed by atoms with Crippen LogP contribution in [-0.2, 0) is 9.53 Å².